The van der Waals surface area contributed by atoms with Gasteiger partial charge in [0.15, 0.2) is 5.82 Å². The zero-order valence-corrected chi connectivity index (χ0v) is 13.1. The van der Waals surface area contributed by atoms with Crippen molar-refractivity contribution in [2.75, 3.05) is 5.32 Å². The Morgan fingerprint density at radius 1 is 1.36 bits per heavy atom. The van der Waals surface area contributed by atoms with Crippen molar-refractivity contribution in [3.63, 3.8) is 0 Å². The molecule has 0 aliphatic rings. The number of aromatic nitrogens is 4. The number of hydrogen-bond donors (Lipinski definition) is 2. The number of amides is 1. The molecule has 0 aliphatic heterocycles. The number of nitrogens with one attached hydrogen (secondary N) is 1. The van der Waals surface area contributed by atoms with Crippen molar-refractivity contribution >= 4 is 29.2 Å². The van der Waals surface area contributed by atoms with E-state index in [1.54, 1.807) is 31.2 Å². The summed E-state index contributed by atoms with van der Waals surface area (Å²) in [5, 5.41) is 20.5. The van der Waals surface area contributed by atoms with Crippen LogP contribution in [-0.2, 0) is 9.59 Å². The van der Waals surface area contributed by atoms with E-state index >= 15 is 0 Å². The van der Waals surface area contributed by atoms with E-state index in [9.17, 15) is 22.4 Å². The van der Waals surface area contributed by atoms with Gasteiger partial charge in [0.05, 0.1) is 5.69 Å². The first kappa shape index (κ1) is 20.3. The van der Waals surface area contributed by atoms with Crippen molar-refractivity contribution in [2.45, 2.75) is 18.7 Å². The molecule has 0 fully saturated rings. The van der Waals surface area contributed by atoms with Gasteiger partial charge in [0.2, 0.25) is 0 Å². The molecule has 2 rings (SSSR count). The molecule has 1 unspecified atom stereocenters. The lowest BCUT2D eigenvalue weighted by molar-refractivity contribution is -0.192. The number of benzene rings is 1. The van der Waals surface area contributed by atoms with Gasteiger partial charge in [-0.3, -0.25) is 4.79 Å². The molecule has 0 aliphatic carbocycles. The van der Waals surface area contributed by atoms with E-state index in [0.717, 1.165) is 0 Å². The number of aliphatic carboxylic acids is 1. The van der Waals surface area contributed by atoms with E-state index in [4.69, 9.17) is 21.5 Å². The van der Waals surface area contributed by atoms with Crippen LogP contribution in [0.1, 0.15) is 5.82 Å². The van der Waals surface area contributed by atoms with Crippen LogP contribution >= 0.6 is 11.6 Å². The van der Waals surface area contributed by atoms with Crippen LogP contribution in [0.3, 0.4) is 0 Å². The molecule has 8 nitrogen and oxygen atoms in total. The van der Waals surface area contributed by atoms with Crippen molar-refractivity contribution in [1.29, 1.82) is 0 Å². The van der Waals surface area contributed by atoms with Crippen LogP contribution in [0.15, 0.2) is 24.3 Å². The third kappa shape index (κ3) is 6.33. The molecule has 13 heteroatoms. The maximum Gasteiger partial charge on any atom is 0.490 e. The van der Waals surface area contributed by atoms with Gasteiger partial charge in [-0.15, -0.1) is 5.10 Å². The van der Waals surface area contributed by atoms with Crippen molar-refractivity contribution in [1.82, 2.24) is 20.2 Å². The molecule has 0 bridgehead atoms. The fourth-order valence-corrected chi connectivity index (χ4v) is 1.44. The highest BCUT2D eigenvalue weighted by molar-refractivity contribution is 6.31. The summed E-state index contributed by atoms with van der Waals surface area (Å²) < 4.78 is 45.8. The van der Waals surface area contributed by atoms with Gasteiger partial charge < -0.3 is 10.4 Å². The van der Waals surface area contributed by atoms with E-state index < -0.39 is 23.7 Å². The highest BCUT2D eigenvalue weighted by atomic mass is 35.5. The number of aryl methyl sites for hydroxylation is 1. The standard InChI is InChI=1S/C10H9ClFN5O.C2HF3O2/c1-6-14-15-16-17(6)8-4-2-3-7(5-8)13-10(18)9(11)12;3-2(4,5)1(6)7/h2-5,9H,1H3,(H,13,18);(H,6,7). The summed E-state index contributed by atoms with van der Waals surface area (Å²) in [7, 11) is 0. The molecule has 2 aromatic rings. The minimum atomic E-state index is -5.08. The van der Waals surface area contributed by atoms with Gasteiger partial charge in [-0.25, -0.2) is 9.18 Å². The molecule has 1 aromatic carbocycles. The molecular weight excluding hydrogens is 374 g/mol. The summed E-state index contributed by atoms with van der Waals surface area (Å²) in [6, 6.07) is 6.67. The number of tetrazole rings is 1. The number of carboxylic acids is 1. The molecule has 2 N–H and O–H groups in total. The monoisotopic (exact) mass is 383 g/mol. The highest BCUT2D eigenvalue weighted by Crippen LogP contribution is 2.15. The van der Waals surface area contributed by atoms with E-state index in [1.807, 2.05) is 0 Å². The first-order chi connectivity index (χ1) is 11.5. The van der Waals surface area contributed by atoms with Crippen molar-refractivity contribution in [3.8, 4) is 5.69 Å². The van der Waals surface area contributed by atoms with Crippen molar-refractivity contribution in [3.05, 3.63) is 30.1 Å². The molecule has 0 spiro atoms. The summed E-state index contributed by atoms with van der Waals surface area (Å²) in [6.07, 6.45) is -5.08. The van der Waals surface area contributed by atoms with Crippen LogP contribution in [0.5, 0.6) is 0 Å². The predicted molar refractivity (Wildman–Crippen MR) is 77.0 cm³/mol. The zero-order valence-electron chi connectivity index (χ0n) is 12.3. The average Bonchev–Trinajstić information content (AvgIpc) is 2.93. The first-order valence-corrected chi connectivity index (χ1v) is 6.70. The summed E-state index contributed by atoms with van der Waals surface area (Å²) >= 11 is 5.03. The molecule has 0 saturated heterocycles. The number of halogens is 5. The smallest absolute Gasteiger partial charge is 0.475 e. The largest absolute Gasteiger partial charge is 0.490 e. The molecule has 1 amide bonds. The number of carbonyl (C=O) groups excluding carboxylic acids is 1. The quantitative estimate of drug-likeness (QED) is 0.620. The van der Waals surface area contributed by atoms with E-state index in [-0.39, 0.29) is 0 Å². The molecule has 1 aromatic heterocycles. The van der Waals surface area contributed by atoms with Gasteiger partial charge in [0.25, 0.3) is 11.5 Å². The minimum absolute atomic E-state index is 0.413. The van der Waals surface area contributed by atoms with Crippen LogP contribution in [-0.4, -0.2) is 49.0 Å². The average molecular weight is 384 g/mol. The Morgan fingerprint density at radius 3 is 2.40 bits per heavy atom. The molecule has 0 radical (unpaired) electrons. The summed E-state index contributed by atoms with van der Waals surface area (Å²) in [5.74, 6) is -3.08. The summed E-state index contributed by atoms with van der Waals surface area (Å²) in [6.45, 7) is 1.74. The van der Waals surface area contributed by atoms with Gasteiger partial charge >= 0.3 is 12.1 Å². The number of rotatable bonds is 3. The second-order valence-corrected chi connectivity index (χ2v) is 4.66. The van der Waals surface area contributed by atoms with Gasteiger partial charge in [-0.1, -0.05) is 17.7 Å². The molecular formula is C12H10ClF4N5O3. The fraction of sp³-hybridized carbons (Fsp3) is 0.250. The molecule has 1 atom stereocenters. The lowest BCUT2D eigenvalue weighted by Crippen LogP contribution is -2.21. The molecule has 1 heterocycles. The Morgan fingerprint density at radius 2 is 1.96 bits per heavy atom. The Balaban J connectivity index is 0.000000381. The first-order valence-electron chi connectivity index (χ1n) is 6.27. The highest BCUT2D eigenvalue weighted by Gasteiger charge is 2.38. The van der Waals surface area contributed by atoms with Gasteiger partial charge in [0.1, 0.15) is 0 Å². The fourth-order valence-electron chi connectivity index (χ4n) is 1.38. The third-order valence-corrected chi connectivity index (χ3v) is 2.62. The molecule has 136 valence electrons. The lowest BCUT2D eigenvalue weighted by Gasteiger charge is -2.07. The second kappa shape index (κ2) is 8.37. The van der Waals surface area contributed by atoms with Gasteiger partial charge in [-0.05, 0) is 35.5 Å². The SMILES string of the molecule is Cc1nnnn1-c1cccc(NC(=O)C(F)Cl)c1.O=C(O)C(F)(F)F. The topological polar surface area (TPSA) is 110 Å². The lowest BCUT2D eigenvalue weighted by atomic mass is 10.2. The van der Waals surface area contributed by atoms with Crippen molar-refractivity contribution < 1.29 is 32.3 Å². The molecule has 25 heavy (non-hydrogen) atoms. The van der Waals surface area contributed by atoms with Crippen LogP contribution < -0.4 is 5.32 Å². The Kier molecular flexibility index (Phi) is 6.79. The van der Waals surface area contributed by atoms with Crippen LogP contribution in [0, 0.1) is 6.92 Å². The third-order valence-electron chi connectivity index (χ3n) is 2.42. The summed E-state index contributed by atoms with van der Waals surface area (Å²) in [4.78, 5) is 20.0. The van der Waals surface area contributed by atoms with E-state index in [2.05, 4.69) is 20.8 Å². The van der Waals surface area contributed by atoms with Crippen molar-refractivity contribution in [2.24, 2.45) is 0 Å². The van der Waals surface area contributed by atoms with Crippen LogP contribution in [0.25, 0.3) is 5.69 Å². The van der Waals surface area contributed by atoms with E-state index in [0.29, 0.717) is 17.2 Å². The maximum atomic E-state index is 12.5. The number of alkyl halides is 5. The second-order valence-electron chi connectivity index (χ2n) is 4.28. The number of hydrogen-bond acceptors (Lipinski definition) is 5. The Hall–Kier alpha value is -2.76. The number of carbonyl (C=O) groups is 2. The minimum Gasteiger partial charge on any atom is -0.475 e. The molecule has 0 saturated carbocycles. The Bertz CT molecular complexity index is 750. The number of carboxylic acid groups (broad SMARTS) is 1. The number of nitrogens with zero attached hydrogens (tertiary/aromatic N) is 4. The van der Waals surface area contributed by atoms with Gasteiger partial charge in [0, 0.05) is 5.69 Å². The maximum absolute atomic E-state index is 12.5. The van der Waals surface area contributed by atoms with E-state index in [1.165, 1.54) is 4.68 Å². The number of anilines is 1. The van der Waals surface area contributed by atoms with Crippen LogP contribution in [0.4, 0.5) is 23.2 Å². The Labute approximate surface area is 142 Å². The van der Waals surface area contributed by atoms with Crippen LogP contribution in [0.2, 0.25) is 0 Å². The normalized spacial score (nSPS) is 11.9. The zero-order chi connectivity index (χ0) is 19.2. The summed E-state index contributed by atoms with van der Waals surface area (Å²) in [5.41, 5.74) is -1.01. The van der Waals surface area contributed by atoms with Gasteiger partial charge in [-0.2, -0.15) is 17.9 Å². The predicted octanol–water partition coefficient (Wildman–Crippen LogP) is 2.08.